The van der Waals surface area contributed by atoms with E-state index in [0.717, 1.165) is 0 Å². The van der Waals surface area contributed by atoms with Crippen molar-refractivity contribution in [1.82, 2.24) is 19.7 Å². The van der Waals surface area contributed by atoms with E-state index < -0.39 is 5.54 Å². The van der Waals surface area contributed by atoms with Crippen LogP contribution in [-0.2, 0) is 7.05 Å². The Hall–Kier alpha value is -2.08. The van der Waals surface area contributed by atoms with E-state index in [0.29, 0.717) is 11.4 Å². The van der Waals surface area contributed by atoms with Gasteiger partial charge in [0.15, 0.2) is 0 Å². The summed E-state index contributed by atoms with van der Waals surface area (Å²) in [7, 11) is 1.78. The topological polar surface area (TPSA) is 72.1 Å². The number of rotatable bonds is 4. The van der Waals surface area contributed by atoms with E-state index >= 15 is 0 Å². The maximum Gasteiger partial charge on any atom is 0.257 e. The van der Waals surface area contributed by atoms with Gasteiger partial charge in [-0.25, -0.2) is 0 Å². The van der Waals surface area contributed by atoms with Gasteiger partial charge in [-0.05, 0) is 26.0 Å². The molecule has 0 aromatic carbocycles. The molecule has 0 aliphatic heterocycles. The molecule has 102 valence electrons. The molecule has 0 atom stereocenters. The van der Waals surface area contributed by atoms with Crippen LogP contribution in [0.2, 0.25) is 0 Å². The van der Waals surface area contributed by atoms with E-state index in [4.69, 9.17) is 0 Å². The number of carbonyl (C=O) groups excluding carboxylic acids is 1. The smallest absolute Gasteiger partial charge is 0.257 e. The Morgan fingerprint density at radius 1 is 1.42 bits per heavy atom. The number of aliphatic hydroxyl groups excluding tert-OH is 1. The lowest BCUT2D eigenvalue weighted by atomic mass is 10.1. The molecule has 2 heterocycles. The molecule has 6 heteroatoms. The summed E-state index contributed by atoms with van der Waals surface area (Å²) >= 11 is 0. The van der Waals surface area contributed by atoms with Crippen molar-refractivity contribution in [2.75, 3.05) is 6.61 Å². The number of aliphatic hydroxyl groups is 1. The standard InChI is InChI=1S/C13H18N4O2/c1-13(2,9-18)15-11(19)10-8-14-16(3)12(10)17-6-4-5-7-17/h4-8,18H,9H2,1-3H3,(H,15,19). The largest absolute Gasteiger partial charge is 0.394 e. The molecule has 0 saturated heterocycles. The lowest BCUT2D eigenvalue weighted by Gasteiger charge is -2.23. The summed E-state index contributed by atoms with van der Waals surface area (Å²) in [5.74, 6) is 0.437. The Kier molecular flexibility index (Phi) is 3.44. The molecule has 2 N–H and O–H groups in total. The molecular weight excluding hydrogens is 244 g/mol. The highest BCUT2D eigenvalue weighted by molar-refractivity contribution is 5.97. The normalized spacial score (nSPS) is 11.6. The minimum Gasteiger partial charge on any atom is -0.394 e. The van der Waals surface area contributed by atoms with Gasteiger partial charge in [-0.2, -0.15) is 5.10 Å². The first-order valence-electron chi connectivity index (χ1n) is 6.03. The number of aromatic nitrogens is 3. The molecule has 2 aromatic rings. The summed E-state index contributed by atoms with van der Waals surface area (Å²) in [6.45, 7) is 3.39. The first kappa shape index (κ1) is 13.4. The Bertz CT molecular complexity index is 569. The highest BCUT2D eigenvalue weighted by atomic mass is 16.3. The lowest BCUT2D eigenvalue weighted by molar-refractivity contribution is 0.0869. The van der Waals surface area contributed by atoms with E-state index in [-0.39, 0.29) is 12.5 Å². The van der Waals surface area contributed by atoms with Crippen molar-refractivity contribution in [3.8, 4) is 5.82 Å². The fourth-order valence-corrected chi connectivity index (χ4v) is 1.79. The second kappa shape index (κ2) is 4.89. The molecular formula is C13H18N4O2. The number of nitrogens with one attached hydrogen (secondary N) is 1. The van der Waals surface area contributed by atoms with Crippen LogP contribution in [-0.4, -0.2) is 37.5 Å². The third kappa shape index (κ3) is 2.68. The molecule has 0 radical (unpaired) electrons. The first-order chi connectivity index (χ1) is 8.94. The van der Waals surface area contributed by atoms with Gasteiger partial charge in [-0.15, -0.1) is 0 Å². The van der Waals surface area contributed by atoms with Crippen molar-refractivity contribution >= 4 is 5.91 Å². The van der Waals surface area contributed by atoms with Crippen molar-refractivity contribution < 1.29 is 9.90 Å². The van der Waals surface area contributed by atoms with E-state index in [1.165, 1.54) is 6.20 Å². The molecule has 0 fully saturated rings. The zero-order valence-corrected chi connectivity index (χ0v) is 11.3. The summed E-state index contributed by atoms with van der Waals surface area (Å²) in [6, 6.07) is 3.76. The molecule has 0 aliphatic carbocycles. The fraction of sp³-hybridized carbons (Fsp3) is 0.385. The third-order valence-electron chi connectivity index (χ3n) is 2.85. The van der Waals surface area contributed by atoms with Crippen molar-refractivity contribution in [3.05, 3.63) is 36.3 Å². The van der Waals surface area contributed by atoms with Gasteiger partial charge in [0.05, 0.1) is 18.3 Å². The van der Waals surface area contributed by atoms with Gasteiger partial charge in [0, 0.05) is 19.4 Å². The van der Waals surface area contributed by atoms with Crippen LogP contribution in [0.1, 0.15) is 24.2 Å². The molecule has 2 rings (SSSR count). The Balaban J connectivity index is 2.34. The Morgan fingerprint density at radius 3 is 2.63 bits per heavy atom. The van der Waals surface area contributed by atoms with Crippen LogP contribution in [0.5, 0.6) is 0 Å². The van der Waals surface area contributed by atoms with Crippen molar-refractivity contribution in [1.29, 1.82) is 0 Å². The van der Waals surface area contributed by atoms with Crippen molar-refractivity contribution in [2.45, 2.75) is 19.4 Å². The summed E-state index contributed by atoms with van der Waals surface area (Å²) in [4.78, 5) is 12.3. The van der Waals surface area contributed by atoms with Crippen LogP contribution < -0.4 is 5.32 Å². The van der Waals surface area contributed by atoms with Crippen LogP contribution in [0.15, 0.2) is 30.7 Å². The number of aryl methyl sites for hydroxylation is 1. The zero-order chi connectivity index (χ0) is 14.0. The second-order valence-electron chi connectivity index (χ2n) is 5.09. The van der Waals surface area contributed by atoms with Gasteiger partial charge in [-0.3, -0.25) is 9.48 Å². The quantitative estimate of drug-likeness (QED) is 0.852. The average molecular weight is 262 g/mol. The minimum atomic E-state index is -0.666. The minimum absolute atomic E-state index is 0.127. The van der Waals surface area contributed by atoms with Crippen LogP contribution in [0.4, 0.5) is 0 Å². The molecule has 0 saturated carbocycles. The lowest BCUT2D eigenvalue weighted by Crippen LogP contribution is -2.46. The Morgan fingerprint density at radius 2 is 2.05 bits per heavy atom. The molecule has 6 nitrogen and oxygen atoms in total. The second-order valence-corrected chi connectivity index (χ2v) is 5.09. The summed E-state index contributed by atoms with van der Waals surface area (Å²) < 4.78 is 3.47. The molecule has 1 amide bonds. The number of amides is 1. The highest BCUT2D eigenvalue weighted by Gasteiger charge is 2.24. The van der Waals surface area contributed by atoms with Crippen LogP contribution in [0.25, 0.3) is 5.82 Å². The predicted octanol–water partition coefficient (Wildman–Crippen LogP) is 0.711. The third-order valence-corrected chi connectivity index (χ3v) is 2.85. The van der Waals surface area contributed by atoms with Crippen LogP contribution in [0, 0.1) is 0 Å². The van der Waals surface area contributed by atoms with Gasteiger partial charge in [-0.1, -0.05) is 0 Å². The van der Waals surface area contributed by atoms with Gasteiger partial charge in [0.25, 0.3) is 5.91 Å². The van der Waals surface area contributed by atoms with Gasteiger partial charge < -0.3 is 15.0 Å². The number of hydrogen-bond donors (Lipinski definition) is 2. The van der Waals surface area contributed by atoms with Crippen LogP contribution >= 0.6 is 0 Å². The summed E-state index contributed by atoms with van der Waals surface area (Å²) in [5, 5.41) is 16.1. The van der Waals surface area contributed by atoms with Gasteiger partial charge in [0.1, 0.15) is 11.4 Å². The molecule has 2 aromatic heterocycles. The van der Waals surface area contributed by atoms with Crippen LogP contribution in [0.3, 0.4) is 0 Å². The van der Waals surface area contributed by atoms with E-state index in [1.807, 2.05) is 29.1 Å². The Labute approximate surface area is 111 Å². The fourth-order valence-electron chi connectivity index (χ4n) is 1.79. The van der Waals surface area contributed by atoms with Crippen molar-refractivity contribution in [3.63, 3.8) is 0 Å². The molecule has 19 heavy (non-hydrogen) atoms. The average Bonchev–Trinajstić information content (AvgIpc) is 2.96. The SMILES string of the molecule is Cn1ncc(C(=O)NC(C)(C)CO)c1-n1cccc1. The maximum atomic E-state index is 12.3. The predicted molar refractivity (Wildman–Crippen MR) is 71.2 cm³/mol. The summed E-state index contributed by atoms with van der Waals surface area (Å²) in [5.41, 5.74) is -0.193. The van der Waals surface area contributed by atoms with E-state index in [1.54, 1.807) is 25.6 Å². The molecule has 0 bridgehead atoms. The molecule has 0 aliphatic rings. The highest BCUT2D eigenvalue weighted by Crippen LogP contribution is 2.15. The maximum absolute atomic E-state index is 12.3. The number of hydrogen-bond acceptors (Lipinski definition) is 3. The zero-order valence-electron chi connectivity index (χ0n) is 11.3. The van der Waals surface area contributed by atoms with Gasteiger partial charge in [0.2, 0.25) is 0 Å². The molecule has 0 spiro atoms. The monoisotopic (exact) mass is 262 g/mol. The van der Waals surface area contributed by atoms with E-state index in [2.05, 4.69) is 10.4 Å². The number of carbonyl (C=O) groups is 1. The van der Waals surface area contributed by atoms with Gasteiger partial charge >= 0.3 is 0 Å². The van der Waals surface area contributed by atoms with Crippen molar-refractivity contribution in [2.24, 2.45) is 7.05 Å². The first-order valence-corrected chi connectivity index (χ1v) is 6.03. The summed E-state index contributed by atoms with van der Waals surface area (Å²) in [6.07, 6.45) is 5.23. The molecule has 0 unspecified atom stereocenters. The van der Waals surface area contributed by atoms with E-state index in [9.17, 15) is 9.90 Å². The number of nitrogens with zero attached hydrogens (tertiary/aromatic N) is 3.